The van der Waals surface area contributed by atoms with Crippen molar-refractivity contribution in [2.75, 3.05) is 5.73 Å². The fourth-order valence-electron chi connectivity index (χ4n) is 2.07. The smallest absolute Gasteiger partial charge is 0.313 e. The van der Waals surface area contributed by atoms with Gasteiger partial charge in [0.25, 0.3) is 0 Å². The van der Waals surface area contributed by atoms with Crippen molar-refractivity contribution in [3.63, 3.8) is 0 Å². The van der Waals surface area contributed by atoms with Gasteiger partial charge < -0.3 is 26.2 Å². The van der Waals surface area contributed by atoms with E-state index in [4.69, 9.17) is 26.2 Å². The van der Waals surface area contributed by atoms with Crippen LogP contribution in [0.25, 0.3) is 0 Å². The molecule has 0 bridgehead atoms. The van der Waals surface area contributed by atoms with E-state index in [9.17, 15) is 19.2 Å². The van der Waals surface area contributed by atoms with Crippen molar-refractivity contribution in [1.82, 2.24) is 4.98 Å². The molecule has 10 heteroatoms. The zero-order valence-corrected chi connectivity index (χ0v) is 11.7. The fraction of sp³-hybridized carbons (Fsp3) is 0.308. The summed E-state index contributed by atoms with van der Waals surface area (Å²) in [7, 11) is 0. The molecule has 0 radical (unpaired) electrons. The topological polar surface area (TPSA) is 188 Å². The van der Waals surface area contributed by atoms with Crippen LogP contribution in [0.15, 0.2) is 12.3 Å². The van der Waals surface area contributed by atoms with E-state index in [1.165, 1.54) is 6.07 Å². The molecule has 1 rings (SSSR count). The van der Waals surface area contributed by atoms with Crippen LogP contribution in [-0.2, 0) is 19.2 Å². The Bertz CT molecular complexity index is 605. The van der Waals surface area contributed by atoms with Crippen LogP contribution in [0.5, 0.6) is 0 Å². The SMILES string of the molecule is Nc1c(C(CC(=O)O)C(=O)O)ccnc1C(CC(=O)O)C(=O)O. The summed E-state index contributed by atoms with van der Waals surface area (Å²) in [5.41, 5.74) is 4.96. The van der Waals surface area contributed by atoms with Crippen LogP contribution >= 0.6 is 0 Å². The molecule has 124 valence electrons. The fourth-order valence-corrected chi connectivity index (χ4v) is 2.07. The molecule has 0 saturated carbocycles. The lowest BCUT2D eigenvalue weighted by molar-refractivity contribution is -0.145. The lowest BCUT2D eigenvalue weighted by Crippen LogP contribution is -2.22. The first kappa shape index (κ1) is 17.9. The van der Waals surface area contributed by atoms with Crippen molar-refractivity contribution < 1.29 is 39.6 Å². The average molecular weight is 326 g/mol. The van der Waals surface area contributed by atoms with Gasteiger partial charge in [0, 0.05) is 6.20 Å². The van der Waals surface area contributed by atoms with E-state index in [1.807, 2.05) is 0 Å². The van der Waals surface area contributed by atoms with Crippen LogP contribution in [0.2, 0.25) is 0 Å². The molecule has 0 aliphatic rings. The third kappa shape index (κ3) is 4.40. The molecule has 0 amide bonds. The zero-order valence-electron chi connectivity index (χ0n) is 11.7. The number of nitrogens with zero attached hydrogens (tertiary/aromatic N) is 1. The maximum Gasteiger partial charge on any atom is 0.313 e. The lowest BCUT2D eigenvalue weighted by Gasteiger charge is -2.18. The third-order valence-corrected chi connectivity index (χ3v) is 3.11. The summed E-state index contributed by atoms with van der Waals surface area (Å²) in [4.78, 5) is 47.7. The van der Waals surface area contributed by atoms with Crippen LogP contribution in [0.1, 0.15) is 35.9 Å². The summed E-state index contributed by atoms with van der Waals surface area (Å²) in [5.74, 6) is -8.81. The van der Waals surface area contributed by atoms with Crippen LogP contribution in [0.4, 0.5) is 5.69 Å². The number of carbonyl (C=O) groups is 4. The number of nitrogen functional groups attached to an aromatic ring is 1. The van der Waals surface area contributed by atoms with E-state index in [1.54, 1.807) is 0 Å². The van der Waals surface area contributed by atoms with Crippen molar-refractivity contribution >= 4 is 29.6 Å². The summed E-state index contributed by atoms with van der Waals surface area (Å²) in [6.45, 7) is 0. The Balaban J connectivity index is 3.38. The van der Waals surface area contributed by atoms with Gasteiger partial charge in [-0.1, -0.05) is 0 Å². The van der Waals surface area contributed by atoms with Gasteiger partial charge in [-0.25, -0.2) is 0 Å². The summed E-state index contributed by atoms with van der Waals surface area (Å²) >= 11 is 0. The van der Waals surface area contributed by atoms with Crippen molar-refractivity contribution in [3.05, 3.63) is 23.5 Å². The van der Waals surface area contributed by atoms with Gasteiger partial charge in [0.1, 0.15) is 5.92 Å². The van der Waals surface area contributed by atoms with E-state index in [0.717, 1.165) is 6.20 Å². The van der Waals surface area contributed by atoms with Gasteiger partial charge in [-0.05, 0) is 11.6 Å². The molecular formula is C13H14N2O8. The predicted octanol–water partition coefficient (Wildman–Crippen LogP) is -0.0504. The first-order valence-corrected chi connectivity index (χ1v) is 6.28. The van der Waals surface area contributed by atoms with Gasteiger partial charge in [-0.15, -0.1) is 0 Å². The van der Waals surface area contributed by atoms with Crippen LogP contribution < -0.4 is 5.73 Å². The third-order valence-electron chi connectivity index (χ3n) is 3.11. The number of carboxylic acids is 4. The maximum absolute atomic E-state index is 11.2. The largest absolute Gasteiger partial charge is 0.481 e. The first-order valence-electron chi connectivity index (χ1n) is 6.28. The Kier molecular flexibility index (Phi) is 5.60. The molecule has 6 N–H and O–H groups in total. The monoisotopic (exact) mass is 326 g/mol. The normalized spacial score (nSPS) is 13.0. The summed E-state index contributed by atoms with van der Waals surface area (Å²) in [6.07, 6.45) is -0.497. The zero-order chi connectivity index (χ0) is 17.7. The number of nitrogens with two attached hydrogens (primary N) is 1. The van der Waals surface area contributed by atoms with Crippen LogP contribution in [-0.4, -0.2) is 49.3 Å². The second-order valence-corrected chi connectivity index (χ2v) is 4.68. The molecule has 1 aromatic heterocycles. The Morgan fingerprint density at radius 3 is 1.87 bits per heavy atom. The van der Waals surface area contributed by atoms with Gasteiger partial charge in [-0.2, -0.15) is 0 Å². The molecule has 0 fully saturated rings. The van der Waals surface area contributed by atoms with Gasteiger partial charge >= 0.3 is 23.9 Å². The maximum atomic E-state index is 11.2. The minimum absolute atomic E-state index is 0.124. The first-order chi connectivity index (χ1) is 10.6. The highest BCUT2D eigenvalue weighted by Crippen LogP contribution is 2.32. The number of pyridine rings is 1. The Morgan fingerprint density at radius 2 is 1.43 bits per heavy atom. The van der Waals surface area contributed by atoms with Crippen LogP contribution in [0, 0.1) is 0 Å². The predicted molar refractivity (Wildman–Crippen MR) is 73.9 cm³/mol. The number of rotatable bonds is 8. The number of hydrogen-bond acceptors (Lipinski definition) is 6. The number of hydrogen-bond donors (Lipinski definition) is 5. The van der Waals surface area contributed by atoms with E-state index in [-0.39, 0.29) is 16.9 Å². The summed E-state index contributed by atoms with van der Waals surface area (Å²) in [6, 6.07) is 1.17. The summed E-state index contributed by atoms with van der Waals surface area (Å²) < 4.78 is 0. The second kappa shape index (κ2) is 7.20. The van der Waals surface area contributed by atoms with Gasteiger partial charge in [0.15, 0.2) is 0 Å². The van der Waals surface area contributed by atoms with Gasteiger partial charge in [0.2, 0.25) is 0 Å². The van der Waals surface area contributed by atoms with E-state index >= 15 is 0 Å². The molecule has 1 aromatic rings. The highest BCUT2D eigenvalue weighted by molar-refractivity contribution is 5.87. The molecule has 2 unspecified atom stereocenters. The minimum atomic E-state index is -1.58. The van der Waals surface area contributed by atoms with Crippen molar-refractivity contribution in [1.29, 1.82) is 0 Å². The number of aliphatic carboxylic acids is 4. The molecular weight excluding hydrogens is 312 g/mol. The molecule has 23 heavy (non-hydrogen) atoms. The van der Waals surface area contributed by atoms with Gasteiger partial charge in [0.05, 0.1) is 30.1 Å². The molecule has 0 aliphatic carbocycles. The van der Waals surface area contributed by atoms with Crippen molar-refractivity contribution in [3.8, 4) is 0 Å². The molecule has 0 aromatic carbocycles. The number of anilines is 1. The average Bonchev–Trinajstić information content (AvgIpc) is 2.42. The molecule has 0 aliphatic heterocycles. The molecule has 2 atom stereocenters. The highest BCUT2D eigenvalue weighted by atomic mass is 16.4. The van der Waals surface area contributed by atoms with E-state index < -0.39 is 48.6 Å². The number of aromatic nitrogens is 1. The molecule has 10 nitrogen and oxygen atoms in total. The lowest BCUT2D eigenvalue weighted by atomic mass is 9.90. The van der Waals surface area contributed by atoms with Crippen molar-refractivity contribution in [2.24, 2.45) is 0 Å². The van der Waals surface area contributed by atoms with Gasteiger partial charge in [-0.3, -0.25) is 24.2 Å². The van der Waals surface area contributed by atoms with Crippen LogP contribution in [0.3, 0.4) is 0 Å². The van der Waals surface area contributed by atoms with Crippen molar-refractivity contribution in [2.45, 2.75) is 24.7 Å². The molecule has 1 heterocycles. The second-order valence-electron chi connectivity index (χ2n) is 4.68. The minimum Gasteiger partial charge on any atom is -0.481 e. The molecule has 0 saturated heterocycles. The highest BCUT2D eigenvalue weighted by Gasteiger charge is 2.31. The van der Waals surface area contributed by atoms with E-state index in [0.29, 0.717) is 0 Å². The Morgan fingerprint density at radius 1 is 0.957 bits per heavy atom. The Hall–Kier alpha value is -3.17. The van der Waals surface area contributed by atoms with E-state index in [2.05, 4.69) is 4.98 Å². The quantitative estimate of drug-likeness (QED) is 0.433. The Labute approximate surface area is 129 Å². The summed E-state index contributed by atoms with van der Waals surface area (Å²) in [5, 5.41) is 35.8. The standard InChI is InChI=1S/C13H14N2O8/c14-10-5(6(12(20)21)3-8(16)17)1-2-15-11(10)7(13(22)23)4-9(18)19/h1-2,6-7H,3-4,14H2,(H,16,17)(H,18,19)(H,20,21)(H,22,23). The number of carboxylic acid groups (broad SMARTS) is 4. The molecule has 0 spiro atoms.